The van der Waals surface area contributed by atoms with Crippen LogP contribution in [0.2, 0.25) is 0 Å². The molecule has 0 bridgehead atoms. The van der Waals surface area contributed by atoms with Crippen molar-refractivity contribution in [2.75, 3.05) is 20.2 Å². The Hall–Kier alpha value is -3.61. The van der Waals surface area contributed by atoms with Gasteiger partial charge in [-0.1, -0.05) is 42.5 Å². The van der Waals surface area contributed by atoms with Crippen LogP contribution < -0.4 is 10.1 Å². The number of aryl methyl sites for hydroxylation is 1. The molecule has 1 aromatic heterocycles. The first-order valence-corrected chi connectivity index (χ1v) is 10.5. The highest BCUT2D eigenvalue weighted by Crippen LogP contribution is 2.18. The zero-order chi connectivity index (χ0) is 21.6. The highest BCUT2D eigenvalue weighted by Gasteiger charge is 2.27. The maximum atomic E-state index is 12.9. The van der Waals surface area contributed by atoms with E-state index in [-0.39, 0.29) is 17.5 Å². The molecule has 4 rings (SSSR count). The van der Waals surface area contributed by atoms with E-state index >= 15 is 0 Å². The van der Waals surface area contributed by atoms with Crippen LogP contribution in [0.3, 0.4) is 0 Å². The molecule has 1 aliphatic rings. The smallest absolute Gasteiger partial charge is 0.272 e. The standard InChI is InChI=1S/C24H26N4O3/c1-31-20-11-9-19(10-12-20)17-27-14-15-28-22(24(27)30)16-21(26-28)23(29)25-13-5-8-18-6-3-2-4-7-18/h2-4,6-7,9-12,16H,5,8,13-15,17H2,1H3,(H,25,29). The van der Waals surface area contributed by atoms with Crippen LogP contribution in [0.25, 0.3) is 0 Å². The lowest BCUT2D eigenvalue weighted by molar-refractivity contribution is 0.0683. The third kappa shape index (κ3) is 4.94. The minimum absolute atomic E-state index is 0.113. The SMILES string of the molecule is COc1ccc(CN2CCn3nc(C(=O)NCCCc4ccccc4)cc3C2=O)cc1. The molecular formula is C24H26N4O3. The molecule has 7 heteroatoms. The van der Waals surface area contributed by atoms with E-state index < -0.39 is 0 Å². The zero-order valence-electron chi connectivity index (χ0n) is 17.6. The average molecular weight is 418 g/mol. The molecule has 2 amide bonds. The molecule has 0 radical (unpaired) electrons. The van der Waals surface area contributed by atoms with E-state index in [0.717, 1.165) is 24.2 Å². The fraction of sp³-hybridized carbons (Fsp3) is 0.292. The average Bonchev–Trinajstić information content (AvgIpc) is 3.25. The summed E-state index contributed by atoms with van der Waals surface area (Å²) in [5.74, 6) is 0.424. The Morgan fingerprint density at radius 1 is 1.06 bits per heavy atom. The van der Waals surface area contributed by atoms with Crippen LogP contribution >= 0.6 is 0 Å². The molecule has 0 aliphatic carbocycles. The minimum Gasteiger partial charge on any atom is -0.497 e. The second-order valence-electron chi connectivity index (χ2n) is 7.56. The number of nitrogens with zero attached hydrogens (tertiary/aromatic N) is 3. The van der Waals surface area contributed by atoms with E-state index in [4.69, 9.17) is 4.74 Å². The topological polar surface area (TPSA) is 76.5 Å². The maximum Gasteiger partial charge on any atom is 0.272 e. The van der Waals surface area contributed by atoms with Crippen molar-refractivity contribution >= 4 is 11.8 Å². The Balaban J connectivity index is 1.33. The second kappa shape index (κ2) is 9.47. The summed E-state index contributed by atoms with van der Waals surface area (Å²) >= 11 is 0. The number of hydrogen-bond acceptors (Lipinski definition) is 4. The number of nitrogens with one attached hydrogen (secondary N) is 1. The third-order valence-electron chi connectivity index (χ3n) is 5.40. The number of methoxy groups -OCH3 is 1. The highest BCUT2D eigenvalue weighted by atomic mass is 16.5. The van der Waals surface area contributed by atoms with Crippen molar-refractivity contribution in [3.8, 4) is 5.75 Å². The van der Waals surface area contributed by atoms with Gasteiger partial charge in [0.1, 0.15) is 11.4 Å². The van der Waals surface area contributed by atoms with Gasteiger partial charge in [0.2, 0.25) is 0 Å². The molecule has 0 unspecified atom stereocenters. The first kappa shape index (κ1) is 20.7. The third-order valence-corrected chi connectivity index (χ3v) is 5.40. The van der Waals surface area contributed by atoms with Crippen molar-refractivity contribution in [3.63, 3.8) is 0 Å². The first-order chi connectivity index (χ1) is 15.1. The predicted octanol–water partition coefficient (Wildman–Crippen LogP) is 2.91. The Kier molecular flexibility index (Phi) is 6.31. The number of hydrogen-bond donors (Lipinski definition) is 1. The Bertz CT molecular complexity index is 1040. The van der Waals surface area contributed by atoms with Gasteiger partial charge in [0.05, 0.1) is 13.7 Å². The summed E-state index contributed by atoms with van der Waals surface area (Å²) in [4.78, 5) is 27.2. The first-order valence-electron chi connectivity index (χ1n) is 10.5. The number of carbonyl (C=O) groups excluding carboxylic acids is 2. The van der Waals surface area contributed by atoms with Crippen LogP contribution in [0.4, 0.5) is 0 Å². The fourth-order valence-electron chi connectivity index (χ4n) is 3.68. The quantitative estimate of drug-likeness (QED) is 0.571. The van der Waals surface area contributed by atoms with Crippen molar-refractivity contribution < 1.29 is 14.3 Å². The number of carbonyl (C=O) groups is 2. The number of fused-ring (bicyclic) bond motifs is 1. The molecule has 0 atom stereocenters. The van der Waals surface area contributed by atoms with Crippen LogP contribution in [0, 0.1) is 0 Å². The lowest BCUT2D eigenvalue weighted by Crippen LogP contribution is -2.39. The van der Waals surface area contributed by atoms with Crippen LogP contribution in [-0.4, -0.2) is 46.7 Å². The van der Waals surface area contributed by atoms with E-state index in [9.17, 15) is 9.59 Å². The Morgan fingerprint density at radius 3 is 2.58 bits per heavy atom. The maximum absolute atomic E-state index is 12.9. The van der Waals surface area contributed by atoms with Gasteiger partial charge in [-0.25, -0.2) is 0 Å². The van der Waals surface area contributed by atoms with Gasteiger partial charge < -0.3 is 15.0 Å². The molecule has 31 heavy (non-hydrogen) atoms. The van der Waals surface area contributed by atoms with Gasteiger partial charge >= 0.3 is 0 Å². The monoisotopic (exact) mass is 418 g/mol. The number of amides is 2. The van der Waals surface area contributed by atoms with E-state index in [2.05, 4.69) is 22.5 Å². The molecule has 2 aromatic carbocycles. The van der Waals surface area contributed by atoms with Crippen LogP contribution in [0.5, 0.6) is 5.75 Å². The van der Waals surface area contributed by atoms with E-state index in [0.29, 0.717) is 31.9 Å². The van der Waals surface area contributed by atoms with Crippen molar-refractivity contribution in [3.05, 3.63) is 83.2 Å². The summed E-state index contributed by atoms with van der Waals surface area (Å²) in [6.45, 7) is 2.19. The van der Waals surface area contributed by atoms with Crippen molar-refractivity contribution in [2.24, 2.45) is 0 Å². The van der Waals surface area contributed by atoms with Gasteiger partial charge in [-0.3, -0.25) is 14.3 Å². The van der Waals surface area contributed by atoms with E-state index in [1.54, 1.807) is 22.8 Å². The molecule has 7 nitrogen and oxygen atoms in total. The molecule has 0 saturated heterocycles. The number of ether oxygens (including phenoxy) is 1. The van der Waals surface area contributed by atoms with Gasteiger partial charge in [0, 0.05) is 25.7 Å². The number of rotatable bonds is 8. The second-order valence-corrected chi connectivity index (χ2v) is 7.56. The summed E-state index contributed by atoms with van der Waals surface area (Å²) in [6.07, 6.45) is 1.75. The van der Waals surface area contributed by atoms with Gasteiger partial charge in [-0.15, -0.1) is 0 Å². The van der Waals surface area contributed by atoms with Crippen molar-refractivity contribution in [2.45, 2.75) is 25.9 Å². The normalized spacial score (nSPS) is 13.1. The summed E-state index contributed by atoms with van der Waals surface area (Å²) in [5.41, 5.74) is 3.01. The summed E-state index contributed by atoms with van der Waals surface area (Å²) in [7, 11) is 1.63. The Morgan fingerprint density at radius 2 is 1.84 bits per heavy atom. The van der Waals surface area contributed by atoms with Gasteiger partial charge in [0.15, 0.2) is 5.69 Å². The molecule has 3 aromatic rings. The summed E-state index contributed by atoms with van der Waals surface area (Å²) < 4.78 is 6.81. The molecule has 1 aliphatic heterocycles. The lowest BCUT2D eigenvalue weighted by atomic mass is 10.1. The Labute approximate surface area is 181 Å². The molecule has 2 heterocycles. The molecule has 160 valence electrons. The number of aromatic nitrogens is 2. The summed E-state index contributed by atoms with van der Waals surface area (Å²) in [5, 5.41) is 7.25. The van der Waals surface area contributed by atoms with Crippen LogP contribution in [0.15, 0.2) is 60.7 Å². The predicted molar refractivity (Wildman–Crippen MR) is 117 cm³/mol. The zero-order valence-corrected chi connectivity index (χ0v) is 17.6. The summed E-state index contributed by atoms with van der Waals surface area (Å²) in [6, 6.07) is 19.4. The fourth-order valence-corrected chi connectivity index (χ4v) is 3.68. The molecule has 0 spiro atoms. The van der Waals surface area contributed by atoms with E-state index in [1.165, 1.54) is 5.56 Å². The van der Waals surface area contributed by atoms with E-state index in [1.807, 2.05) is 42.5 Å². The van der Waals surface area contributed by atoms with Gasteiger partial charge in [-0.05, 0) is 36.1 Å². The van der Waals surface area contributed by atoms with Crippen LogP contribution in [0.1, 0.15) is 38.5 Å². The van der Waals surface area contributed by atoms with Gasteiger partial charge in [0.25, 0.3) is 11.8 Å². The lowest BCUT2D eigenvalue weighted by Gasteiger charge is -2.27. The van der Waals surface area contributed by atoms with Crippen LogP contribution in [-0.2, 0) is 19.5 Å². The van der Waals surface area contributed by atoms with Crippen molar-refractivity contribution in [1.82, 2.24) is 20.0 Å². The number of benzene rings is 2. The largest absolute Gasteiger partial charge is 0.497 e. The molecule has 0 fully saturated rings. The minimum atomic E-state index is -0.246. The molecular weight excluding hydrogens is 392 g/mol. The van der Waals surface area contributed by atoms with Gasteiger partial charge in [-0.2, -0.15) is 5.10 Å². The van der Waals surface area contributed by atoms with Crippen molar-refractivity contribution in [1.29, 1.82) is 0 Å². The highest BCUT2D eigenvalue weighted by molar-refractivity contribution is 5.98. The molecule has 1 N–H and O–H groups in total. The molecule has 0 saturated carbocycles.